The number of anilines is 1. The van der Waals surface area contributed by atoms with E-state index >= 15 is 0 Å². The highest BCUT2D eigenvalue weighted by molar-refractivity contribution is 5.98. The second kappa shape index (κ2) is 7.19. The van der Waals surface area contributed by atoms with Crippen LogP contribution in [-0.4, -0.2) is 48.0 Å². The van der Waals surface area contributed by atoms with Crippen molar-refractivity contribution in [1.29, 1.82) is 0 Å². The Kier molecular flexibility index (Phi) is 5.30. The fourth-order valence-electron chi connectivity index (χ4n) is 2.10. The Bertz CT molecular complexity index is 504. The number of nitrogens with zero attached hydrogens (tertiary/aromatic N) is 5. The molecule has 1 aromatic heterocycles. The molecule has 1 aliphatic heterocycles. The van der Waals surface area contributed by atoms with Gasteiger partial charge in [-0.1, -0.05) is 24.9 Å². The smallest absolute Gasteiger partial charge is 0.321 e. The Morgan fingerprint density at radius 1 is 1.24 bits per heavy atom. The van der Waals surface area contributed by atoms with Crippen LogP contribution in [0.3, 0.4) is 0 Å². The number of hydrogen-bond acceptors (Lipinski definition) is 7. The van der Waals surface area contributed by atoms with E-state index in [-0.39, 0.29) is 6.10 Å². The first-order valence-corrected chi connectivity index (χ1v) is 7.34. The molecule has 0 radical (unpaired) electrons. The van der Waals surface area contributed by atoms with Gasteiger partial charge in [0.25, 0.3) is 0 Å². The van der Waals surface area contributed by atoms with E-state index in [1.54, 1.807) is 7.11 Å². The van der Waals surface area contributed by atoms with Crippen LogP contribution in [0.1, 0.15) is 44.9 Å². The molecule has 1 unspecified atom stereocenters. The molecular weight excluding hydrogens is 270 g/mol. The van der Waals surface area contributed by atoms with Crippen molar-refractivity contribution in [2.75, 3.05) is 26.1 Å². The molecule has 0 saturated heterocycles. The van der Waals surface area contributed by atoms with Crippen LogP contribution < -0.4 is 9.64 Å². The van der Waals surface area contributed by atoms with Crippen LogP contribution in [0.2, 0.25) is 0 Å². The van der Waals surface area contributed by atoms with E-state index in [0.717, 1.165) is 25.0 Å². The Hall–Kier alpha value is -1.92. The molecule has 21 heavy (non-hydrogen) atoms. The monoisotopic (exact) mass is 293 g/mol. The molecule has 1 aliphatic rings. The summed E-state index contributed by atoms with van der Waals surface area (Å²) in [6, 6.07) is 0.292. The Morgan fingerprint density at radius 3 is 2.71 bits per heavy atom. The minimum atomic E-state index is 0.136. The first-order valence-electron chi connectivity index (χ1n) is 7.34. The Balaban J connectivity index is 2.07. The average molecular weight is 293 g/mol. The number of ether oxygens (including phenoxy) is 1. The maximum atomic E-state index is 5.47. The fraction of sp³-hybridized carbons (Fsp3) is 0.714. The van der Waals surface area contributed by atoms with Crippen molar-refractivity contribution in [1.82, 2.24) is 15.0 Å². The van der Waals surface area contributed by atoms with Gasteiger partial charge in [0, 0.05) is 20.5 Å². The molecule has 0 fully saturated rings. The second-order valence-corrected chi connectivity index (χ2v) is 5.31. The predicted molar refractivity (Wildman–Crippen MR) is 80.9 cm³/mol. The lowest BCUT2D eigenvalue weighted by atomic mass is 10.1. The predicted octanol–water partition coefficient (Wildman–Crippen LogP) is 2.02. The summed E-state index contributed by atoms with van der Waals surface area (Å²) in [5.74, 6) is 1.08. The van der Waals surface area contributed by atoms with E-state index in [0.29, 0.717) is 17.8 Å². The first kappa shape index (κ1) is 15.5. The van der Waals surface area contributed by atoms with Crippen LogP contribution in [0.4, 0.5) is 5.95 Å². The number of unbranched alkanes of at least 4 members (excludes halogenated alkanes) is 2. The quantitative estimate of drug-likeness (QED) is 0.716. The van der Waals surface area contributed by atoms with Crippen LogP contribution in [-0.2, 0) is 4.84 Å². The van der Waals surface area contributed by atoms with E-state index in [2.05, 4.69) is 27.0 Å². The standard InChI is InChI=1S/C14H23N5O2/c1-5-6-7-8-10-9-11(18-21-10)12-15-13(19(2)3)17-14(16-12)20-4/h10H,5-9H2,1-4H3. The lowest BCUT2D eigenvalue weighted by Crippen LogP contribution is -2.18. The molecule has 1 aromatic rings. The molecule has 7 nitrogen and oxygen atoms in total. The molecule has 0 N–H and O–H groups in total. The number of methoxy groups -OCH3 is 1. The summed E-state index contributed by atoms with van der Waals surface area (Å²) in [6.07, 6.45) is 5.48. The lowest BCUT2D eigenvalue weighted by Gasteiger charge is -2.11. The third-order valence-electron chi connectivity index (χ3n) is 3.31. The van der Waals surface area contributed by atoms with E-state index in [1.807, 2.05) is 19.0 Å². The van der Waals surface area contributed by atoms with Crippen molar-refractivity contribution in [3.63, 3.8) is 0 Å². The Labute approximate surface area is 125 Å². The van der Waals surface area contributed by atoms with Gasteiger partial charge in [0.1, 0.15) is 11.8 Å². The van der Waals surface area contributed by atoms with Crippen molar-refractivity contribution in [3.05, 3.63) is 5.82 Å². The maximum Gasteiger partial charge on any atom is 0.321 e. The third-order valence-corrected chi connectivity index (χ3v) is 3.31. The minimum absolute atomic E-state index is 0.136. The molecule has 7 heteroatoms. The van der Waals surface area contributed by atoms with Crippen LogP contribution in [0.15, 0.2) is 5.16 Å². The summed E-state index contributed by atoms with van der Waals surface area (Å²) in [6.45, 7) is 2.19. The van der Waals surface area contributed by atoms with Gasteiger partial charge in [-0.25, -0.2) is 0 Å². The zero-order valence-electron chi connectivity index (χ0n) is 13.2. The minimum Gasteiger partial charge on any atom is -0.467 e. The molecule has 0 aliphatic carbocycles. The Morgan fingerprint density at radius 2 is 2.05 bits per heavy atom. The van der Waals surface area contributed by atoms with Crippen LogP contribution >= 0.6 is 0 Å². The molecule has 0 amide bonds. The van der Waals surface area contributed by atoms with Crippen molar-refractivity contribution >= 4 is 11.7 Å². The zero-order valence-corrected chi connectivity index (χ0v) is 13.2. The normalized spacial score (nSPS) is 17.3. The summed E-state index contributed by atoms with van der Waals surface area (Å²) in [5, 5.41) is 4.13. The van der Waals surface area contributed by atoms with Gasteiger partial charge in [-0.05, 0) is 12.8 Å². The SMILES string of the molecule is CCCCCC1CC(c2nc(OC)nc(N(C)C)n2)=NO1. The molecule has 2 heterocycles. The highest BCUT2D eigenvalue weighted by Gasteiger charge is 2.25. The van der Waals surface area contributed by atoms with E-state index < -0.39 is 0 Å². The van der Waals surface area contributed by atoms with Crippen molar-refractivity contribution in [3.8, 4) is 6.01 Å². The number of rotatable bonds is 7. The van der Waals surface area contributed by atoms with Crippen molar-refractivity contribution in [2.24, 2.45) is 5.16 Å². The largest absolute Gasteiger partial charge is 0.467 e. The van der Waals surface area contributed by atoms with Gasteiger partial charge in [0.15, 0.2) is 5.82 Å². The van der Waals surface area contributed by atoms with Gasteiger partial charge in [-0.3, -0.25) is 0 Å². The van der Waals surface area contributed by atoms with Gasteiger partial charge in [-0.15, -0.1) is 0 Å². The van der Waals surface area contributed by atoms with Gasteiger partial charge in [0.2, 0.25) is 5.95 Å². The van der Waals surface area contributed by atoms with E-state index in [9.17, 15) is 0 Å². The third kappa shape index (κ3) is 4.03. The highest BCUT2D eigenvalue weighted by Crippen LogP contribution is 2.21. The molecule has 0 aromatic carbocycles. The van der Waals surface area contributed by atoms with E-state index in [1.165, 1.54) is 12.8 Å². The topological polar surface area (TPSA) is 72.7 Å². The fourth-order valence-corrected chi connectivity index (χ4v) is 2.10. The summed E-state index contributed by atoms with van der Waals surface area (Å²) < 4.78 is 5.13. The van der Waals surface area contributed by atoms with E-state index in [4.69, 9.17) is 9.57 Å². The van der Waals surface area contributed by atoms with Crippen LogP contribution in [0, 0.1) is 0 Å². The molecule has 116 valence electrons. The summed E-state index contributed by atoms with van der Waals surface area (Å²) in [4.78, 5) is 20.1. The molecule has 0 saturated carbocycles. The molecule has 2 rings (SSSR count). The number of hydrogen-bond donors (Lipinski definition) is 0. The zero-order chi connectivity index (χ0) is 15.2. The van der Waals surface area contributed by atoms with Gasteiger partial charge >= 0.3 is 6.01 Å². The molecule has 0 bridgehead atoms. The molecular formula is C14H23N5O2. The van der Waals surface area contributed by atoms with Crippen LogP contribution in [0.25, 0.3) is 0 Å². The summed E-state index contributed by atoms with van der Waals surface area (Å²) in [7, 11) is 5.29. The average Bonchev–Trinajstić information content (AvgIpc) is 2.96. The summed E-state index contributed by atoms with van der Waals surface area (Å²) >= 11 is 0. The summed E-state index contributed by atoms with van der Waals surface area (Å²) in [5.41, 5.74) is 0.764. The molecule has 1 atom stereocenters. The van der Waals surface area contributed by atoms with Crippen molar-refractivity contribution < 1.29 is 9.57 Å². The van der Waals surface area contributed by atoms with Gasteiger partial charge in [0.05, 0.1) is 7.11 Å². The van der Waals surface area contributed by atoms with Gasteiger partial charge in [-0.2, -0.15) is 15.0 Å². The number of oxime groups is 1. The lowest BCUT2D eigenvalue weighted by molar-refractivity contribution is 0.0771. The van der Waals surface area contributed by atoms with Gasteiger partial charge < -0.3 is 14.5 Å². The first-order chi connectivity index (χ1) is 10.1. The van der Waals surface area contributed by atoms with Crippen molar-refractivity contribution in [2.45, 2.75) is 45.1 Å². The molecule has 0 spiro atoms. The highest BCUT2D eigenvalue weighted by atomic mass is 16.6. The maximum absolute atomic E-state index is 5.47. The van der Waals surface area contributed by atoms with Crippen LogP contribution in [0.5, 0.6) is 6.01 Å². The number of aromatic nitrogens is 3. The second-order valence-electron chi connectivity index (χ2n) is 5.31.